The average Bonchev–Trinajstić information content (AvgIpc) is 3.39. The molecule has 2 amide bonds. The highest BCUT2D eigenvalue weighted by atomic mass is 79.9. The number of nitrogens with one attached hydrogen (secondary N) is 1. The molecule has 0 bridgehead atoms. The molecule has 1 N–H and O–H groups in total. The number of piperidine rings is 1. The second-order valence-electron chi connectivity index (χ2n) is 11.8. The van der Waals surface area contributed by atoms with Crippen LogP contribution >= 0.6 is 15.9 Å². The quantitative estimate of drug-likeness (QED) is 0.387. The number of carbonyl (C=O) groups excluding carboxylic acids is 2. The summed E-state index contributed by atoms with van der Waals surface area (Å²) in [5, 5.41) is 6.51. The van der Waals surface area contributed by atoms with Gasteiger partial charge in [-0.3, -0.25) is 9.59 Å². The van der Waals surface area contributed by atoms with E-state index in [1.165, 1.54) is 0 Å². The molecule has 42 heavy (non-hydrogen) atoms. The Balaban J connectivity index is 1.48. The number of alkyl halides is 3. The molecule has 5 rings (SSSR count). The zero-order valence-electron chi connectivity index (χ0n) is 23.3. The van der Waals surface area contributed by atoms with Crippen LogP contribution in [0.1, 0.15) is 69.7 Å². The minimum Gasteiger partial charge on any atom is -0.444 e. The molecule has 1 saturated heterocycles. The molecule has 3 heterocycles. The van der Waals surface area contributed by atoms with E-state index in [1.807, 2.05) is 6.92 Å². The highest BCUT2D eigenvalue weighted by molar-refractivity contribution is 9.10. The van der Waals surface area contributed by atoms with Gasteiger partial charge in [-0.1, -0.05) is 6.92 Å². The van der Waals surface area contributed by atoms with E-state index in [0.29, 0.717) is 55.7 Å². The SMILES string of the molecule is CC1CC2(CCN(C(=O)OC(C)(C)C)CC2)c2c1n(CC(=O)Nc1ccc(C(F)(F)F)cc1F)c1nc(Br)nn1c2=O. The molecule has 1 aliphatic heterocycles. The zero-order chi connectivity index (χ0) is 30.8. The third-order valence-corrected chi connectivity index (χ3v) is 8.03. The number of aromatic nitrogens is 4. The van der Waals surface area contributed by atoms with Gasteiger partial charge in [-0.05, 0) is 80.1 Å². The molecule has 0 saturated carbocycles. The lowest BCUT2D eigenvalue weighted by Gasteiger charge is -2.40. The van der Waals surface area contributed by atoms with Gasteiger partial charge in [-0.25, -0.2) is 9.18 Å². The van der Waals surface area contributed by atoms with Crippen molar-refractivity contribution in [1.29, 1.82) is 0 Å². The smallest absolute Gasteiger partial charge is 0.416 e. The van der Waals surface area contributed by atoms with Crippen molar-refractivity contribution in [3.8, 4) is 0 Å². The van der Waals surface area contributed by atoms with Gasteiger partial charge in [-0.15, -0.1) is 5.10 Å². The lowest BCUT2D eigenvalue weighted by atomic mass is 9.74. The third kappa shape index (κ3) is 5.50. The van der Waals surface area contributed by atoms with E-state index in [4.69, 9.17) is 4.74 Å². The second kappa shape index (κ2) is 10.3. The predicted molar refractivity (Wildman–Crippen MR) is 147 cm³/mol. The molecule has 1 aliphatic carbocycles. The number of anilines is 1. The fourth-order valence-electron chi connectivity index (χ4n) is 6.02. The minimum absolute atomic E-state index is 0.0868. The first-order valence-corrected chi connectivity index (χ1v) is 14.1. The average molecular weight is 657 g/mol. The second-order valence-corrected chi connectivity index (χ2v) is 12.5. The molecular formula is C27H29BrF4N6O4. The number of nitrogens with zero attached hydrogens (tertiary/aromatic N) is 5. The van der Waals surface area contributed by atoms with Gasteiger partial charge in [-0.2, -0.15) is 22.7 Å². The number of hydrogen-bond donors (Lipinski definition) is 1. The standard InChI is InChI=1S/C27H29BrF4N6O4/c1-14-12-26(7-9-36(10-8-26)24(41)42-25(2,3)4)19-20(14)37(23-34-22(28)35-38(23)21(19)40)13-18(39)33-17-6-5-15(11-16(17)29)27(30,31)32/h5-6,11,14H,7-10,12-13H2,1-4H3,(H,33,39). The van der Waals surface area contributed by atoms with Crippen molar-refractivity contribution in [2.45, 2.75) is 76.6 Å². The van der Waals surface area contributed by atoms with E-state index >= 15 is 0 Å². The van der Waals surface area contributed by atoms with Crippen LogP contribution in [0.4, 0.5) is 28.0 Å². The maximum Gasteiger partial charge on any atom is 0.416 e. The molecule has 1 aromatic carbocycles. The van der Waals surface area contributed by atoms with Gasteiger partial charge >= 0.3 is 12.3 Å². The first kappa shape index (κ1) is 30.0. The fourth-order valence-corrected chi connectivity index (χ4v) is 6.34. The van der Waals surface area contributed by atoms with E-state index in [-0.39, 0.29) is 22.0 Å². The Bertz CT molecular complexity index is 1640. The number of carbonyl (C=O) groups is 2. The Kier molecular flexibility index (Phi) is 7.39. The van der Waals surface area contributed by atoms with Crippen molar-refractivity contribution >= 4 is 39.4 Å². The van der Waals surface area contributed by atoms with Crippen LogP contribution in [0.15, 0.2) is 27.7 Å². The lowest BCUT2D eigenvalue weighted by molar-refractivity contribution is -0.137. The molecule has 1 fully saturated rings. The van der Waals surface area contributed by atoms with Crippen LogP contribution in [0.5, 0.6) is 0 Å². The molecular weight excluding hydrogens is 628 g/mol. The van der Waals surface area contributed by atoms with Crippen LogP contribution in [0.3, 0.4) is 0 Å². The van der Waals surface area contributed by atoms with E-state index in [0.717, 1.165) is 10.6 Å². The summed E-state index contributed by atoms with van der Waals surface area (Å²) < 4.78 is 61.6. The van der Waals surface area contributed by atoms with Crippen LogP contribution in [0, 0.1) is 5.82 Å². The van der Waals surface area contributed by atoms with Gasteiger partial charge in [0.2, 0.25) is 16.4 Å². The topological polar surface area (TPSA) is 111 Å². The Morgan fingerprint density at radius 3 is 2.45 bits per heavy atom. The molecule has 15 heteroatoms. The van der Waals surface area contributed by atoms with Crippen LogP contribution in [0.2, 0.25) is 0 Å². The molecule has 0 radical (unpaired) electrons. The van der Waals surface area contributed by atoms with Gasteiger partial charge in [0.05, 0.1) is 11.3 Å². The fraction of sp³-hybridized carbons (Fsp3) is 0.519. The van der Waals surface area contributed by atoms with Crippen molar-refractivity contribution in [3.63, 3.8) is 0 Å². The molecule has 3 aromatic rings. The summed E-state index contributed by atoms with van der Waals surface area (Å²) >= 11 is 3.19. The molecule has 2 aromatic heterocycles. The predicted octanol–water partition coefficient (Wildman–Crippen LogP) is 5.23. The van der Waals surface area contributed by atoms with Gasteiger partial charge in [0.1, 0.15) is 18.0 Å². The molecule has 226 valence electrons. The van der Waals surface area contributed by atoms with Crippen molar-refractivity contribution < 1.29 is 31.9 Å². The highest BCUT2D eigenvalue weighted by Crippen LogP contribution is 2.50. The number of fused-ring (bicyclic) bond motifs is 3. The number of likely N-dealkylation sites (tertiary alicyclic amines) is 1. The summed E-state index contributed by atoms with van der Waals surface area (Å²) in [5.74, 6) is -2.06. The number of halogens is 5. The van der Waals surface area contributed by atoms with Crippen LogP contribution in [-0.4, -0.2) is 54.8 Å². The third-order valence-electron chi connectivity index (χ3n) is 7.70. The molecule has 1 atom stereocenters. The number of rotatable bonds is 3. The Labute approximate surface area is 246 Å². The number of amides is 2. The van der Waals surface area contributed by atoms with Crippen LogP contribution in [0.25, 0.3) is 5.78 Å². The van der Waals surface area contributed by atoms with E-state index < -0.39 is 52.8 Å². The number of ether oxygens (including phenoxy) is 1. The summed E-state index contributed by atoms with van der Waals surface area (Å²) in [7, 11) is 0. The Hall–Kier alpha value is -3.49. The number of benzene rings is 1. The molecule has 10 nitrogen and oxygen atoms in total. The Morgan fingerprint density at radius 2 is 1.86 bits per heavy atom. The summed E-state index contributed by atoms with van der Waals surface area (Å²) in [6, 6.07) is 1.85. The summed E-state index contributed by atoms with van der Waals surface area (Å²) in [6.45, 7) is 7.63. The van der Waals surface area contributed by atoms with E-state index in [1.54, 1.807) is 30.2 Å². The maximum atomic E-state index is 14.5. The van der Waals surface area contributed by atoms with Crippen molar-refractivity contribution in [2.24, 2.45) is 0 Å². The summed E-state index contributed by atoms with van der Waals surface area (Å²) in [6.07, 6.45) is -3.60. The van der Waals surface area contributed by atoms with Crippen molar-refractivity contribution in [3.05, 3.63) is 55.9 Å². The van der Waals surface area contributed by atoms with Gasteiger partial charge in [0.25, 0.3) is 5.56 Å². The first-order chi connectivity index (χ1) is 19.5. The van der Waals surface area contributed by atoms with E-state index in [2.05, 4.69) is 31.3 Å². The molecule has 1 spiro atoms. The van der Waals surface area contributed by atoms with Gasteiger partial charge in [0.15, 0.2) is 0 Å². The van der Waals surface area contributed by atoms with Crippen LogP contribution < -0.4 is 10.9 Å². The zero-order valence-corrected chi connectivity index (χ0v) is 24.9. The van der Waals surface area contributed by atoms with Crippen LogP contribution in [-0.2, 0) is 27.7 Å². The highest BCUT2D eigenvalue weighted by Gasteiger charge is 2.49. The summed E-state index contributed by atoms with van der Waals surface area (Å²) in [5.41, 5.74) is -2.14. The number of hydrogen-bond acceptors (Lipinski definition) is 6. The monoisotopic (exact) mass is 656 g/mol. The lowest BCUT2D eigenvalue weighted by Crippen LogP contribution is -2.48. The van der Waals surface area contributed by atoms with Gasteiger partial charge in [0, 0.05) is 29.8 Å². The summed E-state index contributed by atoms with van der Waals surface area (Å²) in [4.78, 5) is 45.5. The van der Waals surface area contributed by atoms with Crippen molar-refractivity contribution in [1.82, 2.24) is 24.1 Å². The van der Waals surface area contributed by atoms with Crippen molar-refractivity contribution in [2.75, 3.05) is 18.4 Å². The minimum atomic E-state index is -4.73. The largest absolute Gasteiger partial charge is 0.444 e. The Morgan fingerprint density at radius 1 is 1.19 bits per heavy atom. The van der Waals surface area contributed by atoms with E-state index in [9.17, 15) is 31.9 Å². The molecule has 2 aliphatic rings. The first-order valence-electron chi connectivity index (χ1n) is 13.3. The maximum absolute atomic E-state index is 14.5. The van der Waals surface area contributed by atoms with Gasteiger partial charge < -0.3 is 19.5 Å². The normalized spacial score (nSPS) is 18.4. The molecule has 1 unspecified atom stereocenters.